The Morgan fingerprint density at radius 3 is 2.47 bits per heavy atom. The van der Waals surface area contributed by atoms with Crippen LogP contribution in [-0.2, 0) is 14.3 Å². The van der Waals surface area contributed by atoms with Gasteiger partial charge in [-0.05, 0) is 43.3 Å². The van der Waals surface area contributed by atoms with E-state index in [-0.39, 0.29) is 24.8 Å². The van der Waals surface area contributed by atoms with Gasteiger partial charge in [0.25, 0.3) is 0 Å². The molecule has 0 unspecified atom stereocenters. The lowest BCUT2D eigenvalue weighted by molar-refractivity contribution is -0.122. The van der Waals surface area contributed by atoms with Crippen LogP contribution in [0.1, 0.15) is 23.7 Å². The number of nitrogens with one attached hydrogen (secondary N) is 1. The summed E-state index contributed by atoms with van der Waals surface area (Å²) in [6.07, 6.45) is 0.0991. The van der Waals surface area contributed by atoms with E-state index in [2.05, 4.69) is 5.32 Å². The lowest BCUT2D eigenvalue weighted by Crippen LogP contribution is -2.28. The lowest BCUT2D eigenvalue weighted by atomic mass is 10.1. The summed E-state index contributed by atoms with van der Waals surface area (Å²) in [5.74, 6) is -0.227. The molecule has 0 spiro atoms. The number of anilines is 2. The molecule has 1 heterocycles. The predicted molar refractivity (Wildman–Crippen MR) is 111 cm³/mol. The Kier molecular flexibility index (Phi) is 6.56. The van der Waals surface area contributed by atoms with Gasteiger partial charge in [-0.25, -0.2) is 4.79 Å². The van der Waals surface area contributed by atoms with Crippen molar-refractivity contribution >= 4 is 29.2 Å². The van der Waals surface area contributed by atoms with Gasteiger partial charge < -0.3 is 24.4 Å². The first-order valence-electron chi connectivity index (χ1n) is 9.57. The van der Waals surface area contributed by atoms with Gasteiger partial charge >= 0.3 is 5.97 Å². The van der Waals surface area contributed by atoms with Gasteiger partial charge in [-0.2, -0.15) is 0 Å². The second-order valence-corrected chi connectivity index (χ2v) is 6.73. The van der Waals surface area contributed by atoms with Crippen molar-refractivity contribution in [1.82, 2.24) is 0 Å². The molecule has 1 N–H and O–H groups in total. The molecule has 1 saturated heterocycles. The summed E-state index contributed by atoms with van der Waals surface area (Å²) in [5.41, 5.74) is 1.54. The summed E-state index contributed by atoms with van der Waals surface area (Å²) >= 11 is 0. The largest absolute Gasteiger partial charge is 0.497 e. The highest BCUT2D eigenvalue weighted by Crippen LogP contribution is 2.36. The summed E-state index contributed by atoms with van der Waals surface area (Å²) in [6, 6.07) is 11.6. The average Bonchev–Trinajstić information content (AvgIpc) is 3.15. The number of esters is 1. The molecule has 30 heavy (non-hydrogen) atoms. The molecule has 1 fully saturated rings. The molecule has 1 aliphatic heterocycles. The summed E-state index contributed by atoms with van der Waals surface area (Å²) in [4.78, 5) is 38.5. The number of benzene rings is 2. The molecule has 2 aromatic carbocycles. The molecular weight excluding hydrogens is 388 g/mol. The van der Waals surface area contributed by atoms with Gasteiger partial charge in [0, 0.05) is 24.7 Å². The topological polar surface area (TPSA) is 94.2 Å². The minimum Gasteiger partial charge on any atom is -0.497 e. The van der Waals surface area contributed by atoms with Gasteiger partial charge in [0.15, 0.2) is 0 Å². The van der Waals surface area contributed by atoms with E-state index in [1.54, 1.807) is 61.4 Å². The van der Waals surface area contributed by atoms with Crippen LogP contribution in [0, 0.1) is 5.92 Å². The lowest BCUT2D eigenvalue weighted by Gasteiger charge is -2.20. The number of methoxy groups -OCH3 is 2. The van der Waals surface area contributed by atoms with Gasteiger partial charge in [-0.1, -0.05) is 0 Å². The first kappa shape index (κ1) is 21.2. The van der Waals surface area contributed by atoms with E-state index < -0.39 is 11.9 Å². The molecule has 8 heteroatoms. The first-order chi connectivity index (χ1) is 14.5. The zero-order valence-electron chi connectivity index (χ0n) is 17.1. The van der Waals surface area contributed by atoms with Crippen molar-refractivity contribution in [2.24, 2.45) is 5.92 Å². The molecule has 2 amide bonds. The molecular formula is C22H24N2O6. The van der Waals surface area contributed by atoms with Crippen LogP contribution in [0.4, 0.5) is 11.4 Å². The average molecular weight is 412 g/mol. The smallest absolute Gasteiger partial charge is 0.338 e. The summed E-state index contributed by atoms with van der Waals surface area (Å²) in [7, 11) is 3.07. The zero-order chi connectivity index (χ0) is 21.7. The van der Waals surface area contributed by atoms with E-state index in [1.165, 1.54) is 7.11 Å². The quantitative estimate of drug-likeness (QED) is 0.703. The number of hydrogen-bond acceptors (Lipinski definition) is 6. The Hall–Kier alpha value is -3.55. The standard InChI is InChI=1S/C22H24N2O6/c1-4-30-22(27)14-5-7-16(8-6-14)23-21(26)15-11-20(25)24(13-15)18-10-9-17(28-2)12-19(18)29-3/h5-10,12,15H,4,11,13H2,1-3H3,(H,23,26)/t15-/m1/s1. The van der Waals surface area contributed by atoms with E-state index in [0.717, 1.165) is 0 Å². The summed E-state index contributed by atoms with van der Waals surface area (Å²) in [6.45, 7) is 2.27. The summed E-state index contributed by atoms with van der Waals surface area (Å²) in [5, 5.41) is 2.80. The number of amides is 2. The van der Waals surface area contributed by atoms with Crippen LogP contribution < -0.4 is 19.7 Å². The predicted octanol–water partition coefficient (Wildman–Crippen LogP) is 2.87. The van der Waals surface area contributed by atoms with Crippen LogP contribution in [0.15, 0.2) is 42.5 Å². The van der Waals surface area contributed by atoms with Crippen molar-refractivity contribution < 1.29 is 28.6 Å². The first-order valence-corrected chi connectivity index (χ1v) is 9.57. The molecule has 2 aromatic rings. The van der Waals surface area contributed by atoms with Crippen LogP contribution in [0.2, 0.25) is 0 Å². The second kappa shape index (κ2) is 9.30. The fourth-order valence-corrected chi connectivity index (χ4v) is 3.27. The van der Waals surface area contributed by atoms with Crippen molar-refractivity contribution in [3.63, 3.8) is 0 Å². The van der Waals surface area contributed by atoms with Crippen molar-refractivity contribution in [1.29, 1.82) is 0 Å². The maximum atomic E-state index is 12.7. The van der Waals surface area contributed by atoms with E-state index in [4.69, 9.17) is 14.2 Å². The second-order valence-electron chi connectivity index (χ2n) is 6.73. The Morgan fingerprint density at radius 1 is 1.10 bits per heavy atom. The Bertz CT molecular complexity index is 941. The molecule has 1 atom stereocenters. The fourth-order valence-electron chi connectivity index (χ4n) is 3.27. The number of carbonyl (C=O) groups excluding carboxylic acids is 3. The number of ether oxygens (including phenoxy) is 3. The number of hydrogen-bond donors (Lipinski definition) is 1. The normalized spacial score (nSPS) is 15.6. The maximum Gasteiger partial charge on any atom is 0.338 e. The SMILES string of the molecule is CCOC(=O)c1ccc(NC(=O)[C@@H]2CC(=O)N(c3ccc(OC)cc3OC)C2)cc1. The monoisotopic (exact) mass is 412 g/mol. The van der Waals surface area contributed by atoms with Crippen molar-refractivity contribution in [2.75, 3.05) is 37.6 Å². The molecule has 0 bridgehead atoms. The molecule has 8 nitrogen and oxygen atoms in total. The van der Waals surface area contributed by atoms with Gasteiger partial charge in [-0.3, -0.25) is 9.59 Å². The third kappa shape index (κ3) is 4.53. The van der Waals surface area contributed by atoms with Gasteiger partial charge in [0.1, 0.15) is 11.5 Å². The van der Waals surface area contributed by atoms with Gasteiger partial charge in [-0.15, -0.1) is 0 Å². The number of carbonyl (C=O) groups is 3. The minimum atomic E-state index is -0.506. The molecule has 0 radical (unpaired) electrons. The van der Waals surface area contributed by atoms with Crippen LogP contribution in [0.5, 0.6) is 11.5 Å². The highest BCUT2D eigenvalue weighted by atomic mass is 16.5. The highest BCUT2D eigenvalue weighted by Gasteiger charge is 2.36. The van der Waals surface area contributed by atoms with Crippen molar-refractivity contribution in [3.8, 4) is 11.5 Å². The third-order valence-corrected chi connectivity index (χ3v) is 4.84. The molecule has 0 saturated carbocycles. The van der Waals surface area contributed by atoms with Crippen LogP contribution >= 0.6 is 0 Å². The fraction of sp³-hybridized carbons (Fsp3) is 0.318. The van der Waals surface area contributed by atoms with Crippen LogP contribution in [0.3, 0.4) is 0 Å². The Labute approximate surface area is 174 Å². The van der Waals surface area contributed by atoms with Crippen molar-refractivity contribution in [3.05, 3.63) is 48.0 Å². The molecule has 1 aliphatic rings. The number of nitrogens with zero attached hydrogens (tertiary/aromatic N) is 1. The van der Waals surface area contributed by atoms with Crippen molar-refractivity contribution in [2.45, 2.75) is 13.3 Å². The van der Waals surface area contributed by atoms with Gasteiger partial charge in [0.2, 0.25) is 11.8 Å². The summed E-state index contributed by atoms with van der Waals surface area (Å²) < 4.78 is 15.5. The minimum absolute atomic E-state index is 0.0991. The van der Waals surface area contributed by atoms with E-state index >= 15 is 0 Å². The third-order valence-electron chi connectivity index (χ3n) is 4.84. The van der Waals surface area contributed by atoms with Gasteiger partial charge in [0.05, 0.1) is 38.0 Å². The Morgan fingerprint density at radius 2 is 1.83 bits per heavy atom. The van der Waals surface area contributed by atoms with E-state index in [9.17, 15) is 14.4 Å². The van der Waals surface area contributed by atoms with E-state index in [1.807, 2.05) is 0 Å². The van der Waals surface area contributed by atoms with Crippen LogP contribution in [0.25, 0.3) is 0 Å². The maximum absolute atomic E-state index is 12.7. The molecule has 158 valence electrons. The highest BCUT2D eigenvalue weighted by molar-refractivity contribution is 6.04. The van der Waals surface area contributed by atoms with E-state index in [0.29, 0.717) is 35.0 Å². The number of rotatable bonds is 7. The molecule has 3 rings (SSSR count). The molecule has 0 aliphatic carbocycles. The molecule has 0 aromatic heterocycles. The van der Waals surface area contributed by atoms with Crippen LogP contribution in [-0.4, -0.2) is 45.2 Å². The Balaban J connectivity index is 1.67. The zero-order valence-corrected chi connectivity index (χ0v) is 17.1.